The second-order valence-corrected chi connectivity index (χ2v) is 3.85. The van der Waals surface area contributed by atoms with Gasteiger partial charge in [-0.2, -0.15) is 0 Å². The quantitative estimate of drug-likeness (QED) is 0.737. The lowest BCUT2D eigenvalue weighted by molar-refractivity contribution is -0.167. The highest BCUT2D eigenvalue weighted by molar-refractivity contribution is 5.97. The summed E-state index contributed by atoms with van der Waals surface area (Å²) < 4.78 is 5.00. The monoisotopic (exact) mass is 210 g/mol. The van der Waals surface area contributed by atoms with E-state index in [1.807, 2.05) is 12.1 Å². The first-order valence-electron chi connectivity index (χ1n) is 4.80. The topological polar surface area (TPSA) is 65.6 Å². The van der Waals surface area contributed by atoms with Crippen LogP contribution in [0.2, 0.25) is 0 Å². The van der Waals surface area contributed by atoms with Crippen LogP contribution in [0.1, 0.15) is 0 Å². The first-order valence-corrected chi connectivity index (χ1v) is 4.80. The van der Waals surface area contributed by atoms with Crippen molar-refractivity contribution in [2.75, 3.05) is 31.8 Å². The normalized spacial score (nSPS) is 18.3. The Morgan fingerprint density at radius 1 is 1.73 bits per heavy atom. The number of amides is 1. The average Bonchev–Trinajstić information content (AvgIpc) is 2.68. The van der Waals surface area contributed by atoms with Crippen LogP contribution in [0, 0.1) is 5.41 Å². The molecule has 1 amide bonds. The van der Waals surface area contributed by atoms with Gasteiger partial charge >= 0.3 is 0 Å². The number of aromatic amines is 1. The Balaban J connectivity index is 2.14. The summed E-state index contributed by atoms with van der Waals surface area (Å²) in [6.45, 7) is 0.428. The van der Waals surface area contributed by atoms with Crippen LogP contribution in [0.3, 0.4) is 0 Å². The Bertz CT molecular complexity index is 338. The van der Waals surface area contributed by atoms with E-state index in [0.717, 1.165) is 5.82 Å². The third-order valence-electron chi connectivity index (χ3n) is 2.76. The lowest BCUT2D eigenvalue weighted by atomic mass is 9.85. The van der Waals surface area contributed by atoms with Crippen molar-refractivity contribution in [3.8, 4) is 0 Å². The predicted octanol–water partition coefficient (Wildman–Crippen LogP) is -0.0136. The molecule has 2 N–H and O–H groups in total. The summed E-state index contributed by atoms with van der Waals surface area (Å²) in [5, 5.41) is 9.22. The maximum Gasteiger partial charge on any atom is 0.241 e. The largest absolute Gasteiger partial charge is 0.395 e. The van der Waals surface area contributed by atoms with E-state index in [-0.39, 0.29) is 12.5 Å². The van der Waals surface area contributed by atoms with Gasteiger partial charge in [0.15, 0.2) is 0 Å². The van der Waals surface area contributed by atoms with Gasteiger partial charge in [-0.3, -0.25) is 4.79 Å². The molecule has 2 heterocycles. The van der Waals surface area contributed by atoms with Crippen molar-refractivity contribution in [3.05, 3.63) is 18.3 Å². The molecule has 15 heavy (non-hydrogen) atoms. The SMILES string of the molecule is CN(C(=O)C1(CO)COC1)c1ccc[nH]1. The first-order chi connectivity index (χ1) is 7.19. The molecule has 0 bridgehead atoms. The van der Waals surface area contributed by atoms with E-state index in [9.17, 15) is 9.90 Å². The number of aliphatic hydroxyl groups excluding tert-OH is 1. The van der Waals surface area contributed by atoms with Crippen molar-refractivity contribution >= 4 is 11.7 Å². The molecule has 0 aromatic carbocycles. The highest BCUT2D eigenvalue weighted by Gasteiger charge is 2.47. The van der Waals surface area contributed by atoms with E-state index in [1.165, 1.54) is 4.90 Å². The fourth-order valence-corrected chi connectivity index (χ4v) is 1.63. The number of hydrogen-bond donors (Lipinski definition) is 2. The van der Waals surface area contributed by atoms with E-state index in [1.54, 1.807) is 13.2 Å². The highest BCUT2D eigenvalue weighted by Crippen LogP contribution is 2.30. The van der Waals surface area contributed by atoms with Gasteiger partial charge in [0.05, 0.1) is 19.8 Å². The molecule has 5 nitrogen and oxygen atoms in total. The van der Waals surface area contributed by atoms with Gasteiger partial charge in [-0.15, -0.1) is 0 Å². The molecule has 1 aliphatic rings. The van der Waals surface area contributed by atoms with Crippen molar-refractivity contribution < 1.29 is 14.6 Å². The summed E-state index contributed by atoms with van der Waals surface area (Å²) in [6, 6.07) is 3.63. The molecule has 0 aliphatic carbocycles. The van der Waals surface area contributed by atoms with Crippen LogP contribution in [-0.4, -0.2) is 42.9 Å². The minimum absolute atomic E-state index is 0.112. The molecule has 2 rings (SSSR count). The zero-order valence-electron chi connectivity index (χ0n) is 8.56. The molecule has 1 aromatic rings. The Kier molecular flexibility index (Phi) is 2.50. The number of nitrogens with one attached hydrogen (secondary N) is 1. The molecule has 1 saturated heterocycles. The molecule has 0 spiro atoms. The van der Waals surface area contributed by atoms with Gasteiger partial charge < -0.3 is 19.7 Å². The Morgan fingerprint density at radius 2 is 2.47 bits per heavy atom. The molecular weight excluding hydrogens is 196 g/mol. The maximum absolute atomic E-state index is 12.0. The number of nitrogens with zero attached hydrogens (tertiary/aromatic N) is 1. The van der Waals surface area contributed by atoms with Crippen LogP contribution >= 0.6 is 0 Å². The summed E-state index contributed by atoms with van der Waals surface area (Å²) in [6.07, 6.45) is 1.75. The van der Waals surface area contributed by atoms with Crippen molar-refractivity contribution in [1.82, 2.24) is 4.98 Å². The van der Waals surface area contributed by atoms with Gasteiger partial charge in [0.1, 0.15) is 11.2 Å². The number of aromatic nitrogens is 1. The second kappa shape index (κ2) is 3.67. The van der Waals surface area contributed by atoms with Gasteiger partial charge in [-0.25, -0.2) is 0 Å². The van der Waals surface area contributed by atoms with Crippen molar-refractivity contribution in [2.45, 2.75) is 0 Å². The summed E-state index contributed by atoms with van der Waals surface area (Å²) in [7, 11) is 1.68. The zero-order chi connectivity index (χ0) is 10.9. The minimum atomic E-state index is -0.736. The number of anilines is 1. The lowest BCUT2D eigenvalue weighted by Crippen LogP contribution is -2.57. The number of hydrogen-bond acceptors (Lipinski definition) is 3. The number of rotatable bonds is 3. The number of ether oxygens (including phenoxy) is 1. The van der Waals surface area contributed by atoms with Crippen molar-refractivity contribution in [3.63, 3.8) is 0 Å². The number of aliphatic hydroxyl groups is 1. The minimum Gasteiger partial charge on any atom is -0.395 e. The van der Waals surface area contributed by atoms with Gasteiger partial charge in [0.2, 0.25) is 5.91 Å². The molecule has 1 fully saturated rings. The standard InChI is InChI=1S/C10H14N2O3/c1-12(8-3-2-4-11-8)9(14)10(5-13)6-15-7-10/h2-4,11,13H,5-7H2,1H3. The van der Waals surface area contributed by atoms with Gasteiger partial charge in [0.25, 0.3) is 0 Å². The summed E-state index contributed by atoms with van der Waals surface area (Å²) in [4.78, 5) is 16.5. The lowest BCUT2D eigenvalue weighted by Gasteiger charge is -2.40. The van der Waals surface area contributed by atoms with Crippen LogP contribution in [0.25, 0.3) is 0 Å². The van der Waals surface area contributed by atoms with Crippen LogP contribution in [-0.2, 0) is 9.53 Å². The molecule has 82 valence electrons. The molecule has 1 aliphatic heterocycles. The van der Waals surface area contributed by atoms with E-state index in [2.05, 4.69) is 4.98 Å². The van der Waals surface area contributed by atoms with Crippen molar-refractivity contribution in [1.29, 1.82) is 0 Å². The van der Waals surface area contributed by atoms with Gasteiger partial charge in [0, 0.05) is 13.2 Å². The fraction of sp³-hybridized carbons (Fsp3) is 0.500. The summed E-state index contributed by atoms with van der Waals surface area (Å²) in [5.74, 6) is 0.610. The van der Waals surface area contributed by atoms with Crippen molar-refractivity contribution in [2.24, 2.45) is 5.41 Å². The zero-order valence-corrected chi connectivity index (χ0v) is 8.56. The molecule has 0 unspecified atom stereocenters. The summed E-state index contributed by atoms with van der Waals surface area (Å²) >= 11 is 0. The molecular formula is C10H14N2O3. The molecule has 0 atom stereocenters. The van der Waals surface area contributed by atoms with E-state index in [0.29, 0.717) is 13.2 Å². The molecule has 5 heteroatoms. The maximum atomic E-state index is 12.0. The smallest absolute Gasteiger partial charge is 0.241 e. The second-order valence-electron chi connectivity index (χ2n) is 3.85. The van der Waals surface area contributed by atoms with E-state index in [4.69, 9.17) is 4.74 Å². The molecule has 0 radical (unpaired) electrons. The molecule has 1 aromatic heterocycles. The Hall–Kier alpha value is -1.33. The van der Waals surface area contributed by atoms with E-state index >= 15 is 0 Å². The predicted molar refractivity (Wildman–Crippen MR) is 54.5 cm³/mol. The number of carbonyl (C=O) groups excluding carboxylic acids is 1. The Morgan fingerprint density at radius 3 is 2.87 bits per heavy atom. The van der Waals surface area contributed by atoms with E-state index < -0.39 is 5.41 Å². The van der Waals surface area contributed by atoms with Gasteiger partial charge in [-0.05, 0) is 12.1 Å². The van der Waals surface area contributed by atoms with Crippen LogP contribution in [0.5, 0.6) is 0 Å². The van der Waals surface area contributed by atoms with Crippen LogP contribution < -0.4 is 4.90 Å². The highest BCUT2D eigenvalue weighted by atomic mass is 16.5. The third kappa shape index (κ3) is 1.53. The van der Waals surface area contributed by atoms with Gasteiger partial charge in [-0.1, -0.05) is 0 Å². The van der Waals surface area contributed by atoms with Crippen LogP contribution in [0.15, 0.2) is 18.3 Å². The van der Waals surface area contributed by atoms with Crippen LogP contribution in [0.4, 0.5) is 5.82 Å². The average molecular weight is 210 g/mol. The number of H-pyrrole nitrogens is 1. The first kappa shape index (κ1) is 10.2. The Labute approximate surface area is 87.7 Å². The fourth-order valence-electron chi connectivity index (χ4n) is 1.63. The molecule has 0 saturated carbocycles. The summed E-state index contributed by atoms with van der Waals surface area (Å²) in [5.41, 5.74) is -0.736. The number of carbonyl (C=O) groups is 1. The third-order valence-corrected chi connectivity index (χ3v) is 2.76.